The number of benzene rings is 2. The molecule has 2 aromatic carbocycles. The van der Waals surface area contributed by atoms with Gasteiger partial charge in [-0.2, -0.15) is 0 Å². The monoisotopic (exact) mass is 458 g/mol. The maximum atomic E-state index is 12.8. The molecular formula is C23H21F3N4O3. The van der Waals surface area contributed by atoms with E-state index in [2.05, 4.69) is 19.7 Å². The molecule has 10 heteroatoms. The van der Waals surface area contributed by atoms with Gasteiger partial charge >= 0.3 is 12.3 Å². The number of esters is 1. The van der Waals surface area contributed by atoms with Crippen molar-refractivity contribution in [1.29, 1.82) is 0 Å². The molecule has 2 aliphatic heterocycles. The summed E-state index contributed by atoms with van der Waals surface area (Å²) in [7, 11) is 0. The van der Waals surface area contributed by atoms with E-state index in [0.717, 1.165) is 5.56 Å². The summed E-state index contributed by atoms with van der Waals surface area (Å²) in [6.07, 6.45) is -1.94. The van der Waals surface area contributed by atoms with Gasteiger partial charge in [0.05, 0.1) is 18.7 Å². The molecule has 0 radical (unpaired) electrons. The zero-order valence-electron chi connectivity index (χ0n) is 17.6. The molecule has 3 unspecified atom stereocenters. The molecule has 2 aliphatic rings. The molecule has 0 saturated carbocycles. The first-order valence-corrected chi connectivity index (χ1v) is 10.3. The van der Waals surface area contributed by atoms with Crippen LogP contribution in [0.3, 0.4) is 0 Å². The van der Waals surface area contributed by atoms with E-state index in [9.17, 15) is 18.0 Å². The van der Waals surface area contributed by atoms with Crippen molar-refractivity contribution < 1.29 is 27.4 Å². The number of hydrogen-bond donors (Lipinski definition) is 0. The average Bonchev–Trinajstić information content (AvgIpc) is 3.22. The number of alkyl halides is 3. The third-order valence-electron chi connectivity index (χ3n) is 5.23. The Morgan fingerprint density at radius 2 is 1.82 bits per heavy atom. The first-order valence-electron chi connectivity index (χ1n) is 10.3. The fraction of sp³-hybridized carbons (Fsp3) is 0.304. The van der Waals surface area contributed by atoms with E-state index in [1.54, 1.807) is 18.2 Å². The smallest absolute Gasteiger partial charge is 0.465 e. The van der Waals surface area contributed by atoms with Crippen LogP contribution in [-0.2, 0) is 16.0 Å². The largest absolute Gasteiger partial charge is 0.573 e. The first-order chi connectivity index (χ1) is 15.9. The minimum absolute atomic E-state index is 0.237. The number of carbonyl (C=O) groups is 1. The number of aliphatic imine (C=N–C) groups is 3. The second kappa shape index (κ2) is 9.43. The minimum Gasteiger partial charge on any atom is -0.465 e. The van der Waals surface area contributed by atoms with Crippen molar-refractivity contribution in [3.05, 3.63) is 60.2 Å². The maximum Gasteiger partial charge on any atom is 0.573 e. The van der Waals surface area contributed by atoms with E-state index in [-0.39, 0.29) is 12.4 Å². The first kappa shape index (κ1) is 22.5. The predicted octanol–water partition coefficient (Wildman–Crippen LogP) is 4.03. The van der Waals surface area contributed by atoms with Crippen molar-refractivity contribution in [3.8, 4) is 5.75 Å². The van der Waals surface area contributed by atoms with Gasteiger partial charge in [-0.1, -0.05) is 30.3 Å². The molecule has 172 valence electrons. The Morgan fingerprint density at radius 3 is 2.48 bits per heavy atom. The van der Waals surface area contributed by atoms with Crippen LogP contribution in [0.2, 0.25) is 0 Å². The lowest BCUT2D eigenvalue weighted by molar-refractivity contribution is -0.274. The molecule has 3 atom stereocenters. The van der Waals surface area contributed by atoms with Crippen LogP contribution in [0.5, 0.6) is 5.75 Å². The number of carbonyl (C=O) groups excluding carboxylic acids is 1. The summed E-state index contributed by atoms with van der Waals surface area (Å²) in [5.41, 5.74) is 2.07. The van der Waals surface area contributed by atoms with E-state index < -0.39 is 30.5 Å². The Kier molecular flexibility index (Phi) is 6.43. The van der Waals surface area contributed by atoms with Gasteiger partial charge in [0.1, 0.15) is 24.0 Å². The van der Waals surface area contributed by atoms with Gasteiger partial charge < -0.3 is 14.4 Å². The van der Waals surface area contributed by atoms with Gasteiger partial charge in [0.15, 0.2) is 6.17 Å². The average molecular weight is 458 g/mol. The number of ether oxygens (including phenoxy) is 2. The highest BCUT2D eigenvalue weighted by Gasteiger charge is 2.42. The van der Waals surface area contributed by atoms with Crippen LogP contribution in [0.25, 0.3) is 0 Å². The molecule has 2 heterocycles. The SMILES string of the molecule is CCOC(=O)C(Cc1ccccc1)C1=NC=NC2C1N=CN2c1ccc(OC(F)(F)F)cc1. The lowest BCUT2D eigenvalue weighted by Gasteiger charge is -2.29. The fourth-order valence-corrected chi connectivity index (χ4v) is 3.80. The molecule has 0 aliphatic carbocycles. The van der Waals surface area contributed by atoms with E-state index in [0.29, 0.717) is 17.8 Å². The Balaban J connectivity index is 1.55. The lowest BCUT2D eigenvalue weighted by atomic mass is 9.89. The molecular weight excluding hydrogens is 437 g/mol. The quantitative estimate of drug-likeness (QED) is 0.587. The van der Waals surface area contributed by atoms with Crippen molar-refractivity contribution in [2.24, 2.45) is 20.9 Å². The highest BCUT2D eigenvalue weighted by Crippen LogP contribution is 2.31. The van der Waals surface area contributed by atoms with Crippen LogP contribution >= 0.6 is 0 Å². The molecule has 0 fully saturated rings. The van der Waals surface area contributed by atoms with Gasteiger partial charge in [-0.15, -0.1) is 13.2 Å². The van der Waals surface area contributed by atoms with Crippen LogP contribution in [0.4, 0.5) is 18.9 Å². The number of anilines is 1. The minimum atomic E-state index is -4.76. The molecule has 33 heavy (non-hydrogen) atoms. The van der Waals surface area contributed by atoms with E-state index >= 15 is 0 Å². The summed E-state index contributed by atoms with van der Waals surface area (Å²) in [4.78, 5) is 27.9. The third kappa shape index (κ3) is 5.21. The summed E-state index contributed by atoms with van der Waals surface area (Å²) in [5, 5.41) is 0. The molecule has 0 bridgehead atoms. The number of nitrogens with zero attached hydrogens (tertiary/aromatic N) is 4. The van der Waals surface area contributed by atoms with Crippen LogP contribution in [0, 0.1) is 5.92 Å². The van der Waals surface area contributed by atoms with Crippen LogP contribution in [-0.4, -0.2) is 49.5 Å². The van der Waals surface area contributed by atoms with Crippen molar-refractivity contribution >= 4 is 30.0 Å². The number of rotatable bonds is 7. The van der Waals surface area contributed by atoms with Gasteiger partial charge in [0, 0.05) is 5.69 Å². The molecule has 2 aromatic rings. The van der Waals surface area contributed by atoms with Gasteiger partial charge in [-0.3, -0.25) is 9.79 Å². The van der Waals surface area contributed by atoms with Crippen molar-refractivity contribution in [2.45, 2.75) is 31.9 Å². The molecule has 0 N–H and O–H groups in total. The van der Waals surface area contributed by atoms with Crippen LogP contribution in [0.1, 0.15) is 12.5 Å². The summed E-state index contributed by atoms with van der Waals surface area (Å²) < 4.78 is 46.5. The third-order valence-corrected chi connectivity index (χ3v) is 5.23. The van der Waals surface area contributed by atoms with Gasteiger partial charge in [-0.05, 0) is 43.2 Å². The lowest BCUT2D eigenvalue weighted by Crippen LogP contribution is -2.45. The fourth-order valence-electron chi connectivity index (χ4n) is 3.80. The van der Waals surface area contributed by atoms with Crippen molar-refractivity contribution in [3.63, 3.8) is 0 Å². The van der Waals surface area contributed by atoms with Gasteiger partial charge in [-0.25, -0.2) is 9.98 Å². The van der Waals surface area contributed by atoms with Crippen LogP contribution in [0.15, 0.2) is 69.6 Å². The number of fused-ring (bicyclic) bond motifs is 1. The Labute approximate surface area is 188 Å². The summed E-state index contributed by atoms with van der Waals surface area (Å²) in [6, 6.07) is 14.4. The van der Waals surface area contributed by atoms with E-state index in [1.807, 2.05) is 30.3 Å². The summed E-state index contributed by atoms with van der Waals surface area (Å²) >= 11 is 0. The van der Waals surface area contributed by atoms with Crippen molar-refractivity contribution in [2.75, 3.05) is 11.5 Å². The van der Waals surface area contributed by atoms with Gasteiger partial charge in [0.25, 0.3) is 0 Å². The topological polar surface area (TPSA) is 75.8 Å². The Hall–Kier alpha value is -3.69. The van der Waals surface area contributed by atoms with E-state index in [1.165, 1.54) is 30.6 Å². The standard InChI is InChI=1S/C23H21F3N4O3/c1-2-32-22(31)18(12-15-6-4-3-5-7-15)19-20-21(28-13-27-19)30(14-29-20)16-8-10-17(11-9-16)33-23(24,25)26/h3-11,13-14,18,20-21H,2,12H2,1H3. The normalized spacial score (nSPS) is 20.2. The second-order valence-corrected chi connectivity index (χ2v) is 7.38. The Bertz CT molecular complexity index is 1070. The maximum absolute atomic E-state index is 12.8. The zero-order chi connectivity index (χ0) is 23.4. The highest BCUT2D eigenvalue weighted by atomic mass is 19.4. The second-order valence-electron chi connectivity index (χ2n) is 7.38. The molecule has 0 saturated heterocycles. The molecule has 0 aromatic heterocycles. The zero-order valence-corrected chi connectivity index (χ0v) is 17.6. The molecule has 7 nitrogen and oxygen atoms in total. The summed E-state index contributed by atoms with van der Waals surface area (Å²) in [6.45, 7) is 1.98. The van der Waals surface area contributed by atoms with E-state index in [4.69, 9.17) is 4.74 Å². The highest BCUT2D eigenvalue weighted by molar-refractivity contribution is 6.11. The summed E-state index contributed by atoms with van der Waals surface area (Å²) in [5.74, 6) is -1.36. The molecule has 0 amide bonds. The number of hydrogen-bond acceptors (Lipinski definition) is 7. The van der Waals surface area contributed by atoms with Crippen LogP contribution < -0.4 is 9.64 Å². The molecule has 0 spiro atoms. The Morgan fingerprint density at radius 1 is 1.09 bits per heavy atom. The van der Waals surface area contributed by atoms with Gasteiger partial charge in [0.2, 0.25) is 0 Å². The van der Waals surface area contributed by atoms with Crippen molar-refractivity contribution in [1.82, 2.24) is 0 Å². The molecule has 4 rings (SSSR count). The predicted molar refractivity (Wildman–Crippen MR) is 118 cm³/mol. The number of halogens is 3.